The van der Waals surface area contributed by atoms with Gasteiger partial charge in [0.1, 0.15) is 5.82 Å². The van der Waals surface area contributed by atoms with Gasteiger partial charge in [-0.25, -0.2) is 9.78 Å². The number of amides is 1. The van der Waals surface area contributed by atoms with Crippen molar-refractivity contribution in [1.82, 2.24) is 9.88 Å². The molecule has 1 amide bonds. The monoisotopic (exact) mass is 292 g/mol. The highest BCUT2D eigenvalue weighted by atomic mass is 16.6. The summed E-state index contributed by atoms with van der Waals surface area (Å²) in [7, 11) is 0. The molecule has 1 aromatic heterocycles. The summed E-state index contributed by atoms with van der Waals surface area (Å²) in [6, 6.07) is 4.08. The van der Waals surface area contributed by atoms with Crippen molar-refractivity contribution in [1.29, 1.82) is 0 Å². The van der Waals surface area contributed by atoms with Crippen molar-refractivity contribution in [2.24, 2.45) is 0 Å². The number of hydrogen-bond donors (Lipinski definition) is 1. The Hall–Kier alpha value is -1.98. The Morgan fingerprint density at radius 3 is 2.76 bits per heavy atom. The summed E-state index contributed by atoms with van der Waals surface area (Å²) < 4.78 is 5.03. The molecule has 0 unspecified atom stereocenters. The number of anilines is 2. The lowest BCUT2D eigenvalue weighted by Crippen LogP contribution is -2.49. The van der Waals surface area contributed by atoms with Crippen LogP contribution in [0.5, 0.6) is 0 Å². The van der Waals surface area contributed by atoms with Gasteiger partial charge in [-0.2, -0.15) is 0 Å². The van der Waals surface area contributed by atoms with Crippen molar-refractivity contribution in [2.75, 3.05) is 49.5 Å². The Balaban J connectivity index is 1.91. The Morgan fingerprint density at radius 2 is 2.10 bits per heavy atom. The van der Waals surface area contributed by atoms with Crippen LogP contribution in [-0.2, 0) is 4.74 Å². The van der Waals surface area contributed by atoms with Crippen molar-refractivity contribution < 1.29 is 9.53 Å². The zero-order chi connectivity index (χ0) is 15.1. The molecule has 6 heteroatoms. The zero-order valence-electron chi connectivity index (χ0n) is 12.8. The first kappa shape index (κ1) is 15.4. The third-order valence-electron chi connectivity index (χ3n) is 3.47. The van der Waals surface area contributed by atoms with Crippen LogP contribution in [0.15, 0.2) is 18.3 Å². The fourth-order valence-electron chi connectivity index (χ4n) is 2.33. The van der Waals surface area contributed by atoms with E-state index in [9.17, 15) is 4.79 Å². The molecule has 0 spiro atoms. The third kappa shape index (κ3) is 4.24. The van der Waals surface area contributed by atoms with Crippen molar-refractivity contribution in [3.63, 3.8) is 0 Å². The topological polar surface area (TPSA) is 57.7 Å². The summed E-state index contributed by atoms with van der Waals surface area (Å²) in [6.45, 7) is 8.33. The highest BCUT2D eigenvalue weighted by Gasteiger charge is 2.22. The number of nitrogens with one attached hydrogen (secondary N) is 1. The van der Waals surface area contributed by atoms with Crippen molar-refractivity contribution >= 4 is 17.6 Å². The quantitative estimate of drug-likeness (QED) is 0.901. The first-order chi connectivity index (χ1) is 10.2. The predicted octanol–water partition coefficient (Wildman–Crippen LogP) is 2.18. The van der Waals surface area contributed by atoms with E-state index < -0.39 is 0 Å². The lowest BCUT2D eigenvalue weighted by molar-refractivity contribution is 0.105. The second kappa shape index (κ2) is 7.71. The number of aromatic nitrogens is 1. The average Bonchev–Trinajstić information content (AvgIpc) is 2.53. The number of piperazine rings is 1. The molecule has 0 atom stereocenters. The highest BCUT2D eigenvalue weighted by Crippen LogP contribution is 2.19. The van der Waals surface area contributed by atoms with E-state index >= 15 is 0 Å². The second-order valence-electron chi connectivity index (χ2n) is 5.00. The summed E-state index contributed by atoms with van der Waals surface area (Å²) in [6.07, 6.45) is 2.69. The normalized spacial score (nSPS) is 15.0. The number of hydrogen-bond acceptors (Lipinski definition) is 5. The van der Waals surface area contributed by atoms with Crippen LogP contribution in [0.2, 0.25) is 0 Å². The number of carbonyl (C=O) groups excluding carboxylic acids is 1. The molecule has 0 bridgehead atoms. The number of nitrogens with zero attached hydrogens (tertiary/aromatic N) is 3. The zero-order valence-corrected chi connectivity index (χ0v) is 12.8. The molecule has 0 radical (unpaired) electrons. The molecule has 1 fully saturated rings. The van der Waals surface area contributed by atoms with Gasteiger partial charge in [-0.05, 0) is 19.4 Å². The largest absolute Gasteiger partial charge is 0.450 e. The molecule has 1 aliphatic heterocycles. The van der Waals surface area contributed by atoms with Crippen LogP contribution >= 0.6 is 0 Å². The molecular formula is C15H24N4O2. The molecule has 1 N–H and O–H groups in total. The van der Waals surface area contributed by atoms with Gasteiger partial charge in [0, 0.05) is 50.7 Å². The summed E-state index contributed by atoms with van der Waals surface area (Å²) in [5.74, 6) is 0.905. The molecule has 0 aliphatic carbocycles. The minimum absolute atomic E-state index is 0.211. The third-order valence-corrected chi connectivity index (χ3v) is 3.47. The van der Waals surface area contributed by atoms with E-state index in [-0.39, 0.29) is 6.09 Å². The maximum absolute atomic E-state index is 11.7. The van der Waals surface area contributed by atoms with E-state index in [4.69, 9.17) is 4.74 Å². The van der Waals surface area contributed by atoms with Crippen LogP contribution in [0.3, 0.4) is 0 Å². The molecule has 116 valence electrons. The first-order valence-electron chi connectivity index (χ1n) is 7.61. The summed E-state index contributed by atoms with van der Waals surface area (Å²) in [4.78, 5) is 20.0. The average molecular weight is 292 g/mol. The Bertz CT molecular complexity index is 459. The Kier molecular flexibility index (Phi) is 5.66. The fourth-order valence-corrected chi connectivity index (χ4v) is 2.33. The maximum Gasteiger partial charge on any atom is 0.409 e. The van der Waals surface area contributed by atoms with Gasteiger partial charge in [0.2, 0.25) is 0 Å². The number of ether oxygens (including phenoxy) is 1. The number of rotatable bonds is 5. The first-order valence-corrected chi connectivity index (χ1v) is 7.61. The smallest absolute Gasteiger partial charge is 0.409 e. The maximum atomic E-state index is 11.7. The van der Waals surface area contributed by atoms with E-state index in [0.29, 0.717) is 19.7 Å². The molecule has 1 saturated heterocycles. The number of pyridine rings is 1. The van der Waals surface area contributed by atoms with Gasteiger partial charge in [-0.1, -0.05) is 6.92 Å². The van der Waals surface area contributed by atoms with Crippen LogP contribution in [0.1, 0.15) is 20.3 Å². The van der Waals surface area contributed by atoms with Crippen LogP contribution in [0.25, 0.3) is 0 Å². The molecule has 0 saturated carbocycles. The second-order valence-corrected chi connectivity index (χ2v) is 5.00. The minimum atomic E-state index is -0.211. The van der Waals surface area contributed by atoms with Gasteiger partial charge >= 0.3 is 6.09 Å². The van der Waals surface area contributed by atoms with Crippen LogP contribution in [0, 0.1) is 0 Å². The van der Waals surface area contributed by atoms with E-state index in [1.54, 1.807) is 4.90 Å². The SMILES string of the molecule is CCCNc1cc(N2CCN(C(=O)OCC)CC2)ccn1. The van der Waals surface area contributed by atoms with E-state index in [1.165, 1.54) is 0 Å². The van der Waals surface area contributed by atoms with Crippen molar-refractivity contribution in [2.45, 2.75) is 20.3 Å². The Labute approximate surface area is 126 Å². The van der Waals surface area contributed by atoms with Gasteiger partial charge in [0.05, 0.1) is 6.61 Å². The van der Waals surface area contributed by atoms with Crippen LogP contribution in [-0.4, -0.2) is 55.3 Å². The minimum Gasteiger partial charge on any atom is -0.450 e. The van der Waals surface area contributed by atoms with Gasteiger partial charge in [0.15, 0.2) is 0 Å². The Morgan fingerprint density at radius 1 is 1.33 bits per heavy atom. The molecule has 0 aromatic carbocycles. The predicted molar refractivity (Wildman–Crippen MR) is 83.8 cm³/mol. The van der Waals surface area contributed by atoms with Gasteiger partial charge in [-0.3, -0.25) is 0 Å². The lowest BCUT2D eigenvalue weighted by Gasteiger charge is -2.35. The van der Waals surface area contributed by atoms with Crippen LogP contribution < -0.4 is 10.2 Å². The summed E-state index contributed by atoms with van der Waals surface area (Å²) in [5.41, 5.74) is 1.15. The molecule has 1 aliphatic rings. The molecule has 1 aromatic rings. The van der Waals surface area contributed by atoms with Crippen molar-refractivity contribution in [3.8, 4) is 0 Å². The molecule has 2 heterocycles. The van der Waals surface area contributed by atoms with Crippen molar-refractivity contribution in [3.05, 3.63) is 18.3 Å². The molecule has 6 nitrogen and oxygen atoms in total. The van der Waals surface area contributed by atoms with E-state index in [0.717, 1.165) is 37.6 Å². The van der Waals surface area contributed by atoms with Gasteiger partial charge < -0.3 is 19.9 Å². The lowest BCUT2D eigenvalue weighted by atomic mass is 10.2. The van der Waals surface area contributed by atoms with Gasteiger partial charge in [0.25, 0.3) is 0 Å². The number of carbonyl (C=O) groups is 1. The van der Waals surface area contributed by atoms with E-state index in [1.807, 2.05) is 19.2 Å². The molecule has 2 rings (SSSR count). The molecule has 21 heavy (non-hydrogen) atoms. The highest BCUT2D eigenvalue weighted by molar-refractivity contribution is 5.68. The summed E-state index contributed by atoms with van der Waals surface area (Å²) >= 11 is 0. The molecular weight excluding hydrogens is 268 g/mol. The van der Waals surface area contributed by atoms with Gasteiger partial charge in [-0.15, -0.1) is 0 Å². The fraction of sp³-hybridized carbons (Fsp3) is 0.600. The van der Waals surface area contributed by atoms with E-state index in [2.05, 4.69) is 28.2 Å². The van der Waals surface area contributed by atoms with Crippen LogP contribution in [0.4, 0.5) is 16.3 Å². The standard InChI is InChI=1S/C15H24N4O2/c1-3-6-16-14-12-13(5-7-17-14)18-8-10-19(11-9-18)15(20)21-4-2/h5,7,12H,3-4,6,8-11H2,1-2H3,(H,16,17). The summed E-state index contributed by atoms with van der Waals surface area (Å²) in [5, 5.41) is 3.30.